The molecular formula is C54H72N8O14. The van der Waals surface area contributed by atoms with Crippen LogP contribution in [0, 0.1) is 6.92 Å². The summed E-state index contributed by atoms with van der Waals surface area (Å²) in [6.07, 6.45) is -1.10. The van der Waals surface area contributed by atoms with Crippen LogP contribution in [0.25, 0.3) is 22.0 Å². The molecule has 4 aromatic rings. The highest BCUT2D eigenvalue weighted by molar-refractivity contribution is 5.95. The molecule has 3 aromatic carbocycles. The lowest BCUT2D eigenvalue weighted by atomic mass is 9.93. The zero-order valence-corrected chi connectivity index (χ0v) is 45.6. The summed E-state index contributed by atoms with van der Waals surface area (Å²) in [6.45, 7) is 18.5. The van der Waals surface area contributed by atoms with E-state index in [1.54, 1.807) is 117 Å². The largest absolute Gasteiger partial charge is 0.491 e. The molecule has 5 rings (SSSR count). The summed E-state index contributed by atoms with van der Waals surface area (Å²) < 4.78 is 35.1. The minimum atomic E-state index is -1.55. The van der Waals surface area contributed by atoms with Crippen molar-refractivity contribution in [3.63, 3.8) is 0 Å². The zero-order chi connectivity index (χ0) is 56.3. The number of hydrogen-bond donors (Lipinski definition) is 5. The number of carbonyl (C=O) groups excluding carboxylic acids is 7. The number of ether oxygens (including phenoxy) is 6. The maximum absolute atomic E-state index is 15.3. The first-order chi connectivity index (χ1) is 35.5. The Hall–Kier alpha value is -7.91. The maximum Gasteiger partial charge on any atom is 0.407 e. The highest BCUT2D eigenvalue weighted by Gasteiger charge is 2.37. The molecule has 5 N–H and O–H groups in total. The number of hydrogen-bond acceptors (Lipinski definition) is 15. The minimum absolute atomic E-state index is 0.00326. The molecule has 22 heteroatoms. The Balaban J connectivity index is 1.68. The van der Waals surface area contributed by atoms with Crippen LogP contribution in [-0.4, -0.2) is 132 Å². The number of aryl methyl sites for hydroxylation is 1. The summed E-state index contributed by atoms with van der Waals surface area (Å²) in [5.41, 5.74) is -0.275. The number of nitrogens with zero attached hydrogens (tertiary/aromatic N) is 3. The summed E-state index contributed by atoms with van der Waals surface area (Å²) >= 11 is 0. The Labute approximate surface area is 442 Å². The highest BCUT2D eigenvalue weighted by atomic mass is 16.6. The third-order valence-electron chi connectivity index (χ3n) is 11.3. The van der Waals surface area contributed by atoms with Gasteiger partial charge >= 0.3 is 24.2 Å². The van der Waals surface area contributed by atoms with Crippen LogP contribution in [0.5, 0.6) is 11.5 Å². The summed E-state index contributed by atoms with van der Waals surface area (Å²) in [7, 11) is 2.54. The second-order valence-corrected chi connectivity index (χ2v) is 21.2. The van der Waals surface area contributed by atoms with Gasteiger partial charge in [-0.3, -0.25) is 23.7 Å². The molecule has 412 valence electrons. The van der Waals surface area contributed by atoms with Gasteiger partial charge in [0.05, 0.1) is 37.4 Å². The lowest BCUT2D eigenvalue weighted by Crippen LogP contribution is -2.53. The standard InChI is InChI=1S/C54H72N8O14/c1-31-14-17-35-38(26-31)58-30-62(46(35)65)40(20-21-55-49(68)74-52(3,4)5)47(66)61(12)43-34-16-19-42(73-25-23-57-51(70)76-54(9,10)11)37(29-34)36-27-33(15-18-41(36)72-24-22-56-50(69)75-53(6,7)8)28-39(48(67)71-13)60-44(63)32(2)59-45(43)64/h14-19,26-27,29-30,32,39-40,43H,20-25,28H2,1-13H3,(H,55,68)(H,56,69)(H,57,70)(H,59,64)(H,60,63)/t32-,39-,40-,43-/m0/s1. The molecule has 1 aromatic heterocycles. The van der Waals surface area contributed by atoms with E-state index in [4.69, 9.17) is 28.4 Å². The van der Waals surface area contributed by atoms with Crippen molar-refractivity contribution in [2.75, 3.05) is 47.0 Å². The number of esters is 1. The normalized spacial score (nSPS) is 16.4. The SMILES string of the molecule is COC(=O)[C@@H]1Cc2ccc(OCCNC(=O)OC(C)(C)C)c(c2)-c2cc(ccc2OCCNC(=O)OC(C)(C)C)[C@H](N(C)C(=O)[C@H](CCNC(=O)OC(C)(C)C)n2cnc3cc(C)ccc3c2=O)C(=O)N[C@@H](C)C(=O)N1. The minimum Gasteiger partial charge on any atom is -0.491 e. The molecule has 6 amide bonds. The first-order valence-corrected chi connectivity index (χ1v) is 24.9. The average molecular weight is 1060 g/mol. The van der Waals surface area contributed by atoms with E-state index in [0.29, 0.717) is 22.2 Å². The first-order valence-electron chi connectivity index (χ1n) is 24.9. The van der Waals surface area contributed by atoms with Crippen molar-refractivity contribution < 1.29 is 62.0 Å². The number of nitrogens with one attached hydrogen (secondary N) is 5. The van der Waals surface area contributed by atoms with Crippen molar-refractivity contribution in [1.29, 1.82) is 0 Å². The van der Waals surface area contributed by atoms with Gasteiger partial charge in [-0.15, -0.1) is 0 Å². The van der Waals surface area contributed by atoms with Gasteiger partial charge in [-0.2, -0.15) is 0 Å². The molecule has 4 atom stereocenters. The number of methoxy groups -OCH3 is 1. The van der Waals surface area contributed by atoms with E-state index in [0.717, 1.165) is 15.0 Å². The Bertz CT molecular complexity index is 2850. The predicted octanol–water partition coefficient (Wildman–Crippen LogP) is 5.55. The number of fused-ring (bicyclic) bond motifs is 6. The molecule has 2 heterocycles. The van der Waals surface area contributed by atoms with Crippen LogP contribution in [0.1, 0.15) is 104 Å². The van der Waals surface area contributed by atoms with Crippen LogP contribution in [0.4, 0.5) is 14.4 Å². The van der Waals surface area contributed by atoms with E-state index >= 15 is 4.79 Å². The molecule has 0 spiro atoms. The molecule has 1 aliphatic heterocycles. The topological polar surface area (TPSA) is 273 Å². The number of benzene rings is 3. The second kappa shape index (κ2) is 25.1. The Morgan fingerprint density at radius 3 is 1.82 bits per heavy atom. The van der Waals surface area contributed by atoms with E-state index in [9.17, 15) is 33.6 Å². The van der Waals surface area contributed by atoms with Crippen LogP contribution in [-0.2, 0) is 44.5 Å². The van der Waals surface area contributed by atoms with Crippen molar-refractivity contribution in [3.05, 3.63) is 88.0 Å². The molecule has 0 unspecified atom stereocenters. The highest BCUT2D eigenvalue weighted by Crippen LogP contribution is 2.40. The van der Waals surface area contributed by atoms with Gasteiger partial charge in [-0.25, -0.2) is 24.2 Å². The molecule has 0 radical (unpaired) electrons. The van der Waals surface area contributed by atoms with Gasteiger partial charge in [-0.1, -0.05) is 18.2 Å². The monoisotopic (exact) mass is 1060 g/mol. The molecule has 22 nitrogen and oxygen atoms in total. The van der Waals surface area contributed by atoms with Crippen molar-refractivity contribution in [3.8, 4) is 22.6 Å². The number of carbonyl (C=O) groups is 7. The number of rotatable bonds is 15. The molecule has 0 saturated carbocycles. The van der Waals surface area contributed by atoms with Crippen LogP contribution in [0.2, 0.25) is 0 Å². The molecular weight excluding hydrogens is 985 g/mol. The fourth-order valence-corrected chi connectivity index (χ4v) is 7.96. The molecule has 0 aliphatic carbocycles. The van der Waals surface area contributed by atoms with Gasteiger partial charge < -0.3 is 59.9 Å². The van der Waals surface area contributed by atoms with Crippen LogP contribution in [0.3, 0.4) is 0 Å². The first kappa shape index (κ1) is 59.0. The smallest absolute Gasteiger partial charge is 0.407 e. The fourth-order valence-electron chi connectivity index (χ4n) is 7.96. The number of likely N-dealkylation sites (N-methyl/N-ethyl adjacent to an activating group) is 1. The van der Waals surface area contributed by atoms with E-state index in [-0.39, 0.29) is 68.1 Å². The average Bonchev–Trinajstić information content (AvgIpc) is 3.31. The number of amides is 6. The third-order valence-corrected chi connectivity index (χ3v) is 11.3. The summed E-state index contributed by atoms with van der Waals surface area (Å²) in [6, 6.07) is 9.37. The number of aromatic nitrogens is 2. The molecule has 0 saturated heterocycles. The number of alkyl carbamates (subject to hydrolysis) is 3. The van der Waals surface area contributed by atoms with E-state index < -0.39 is 88.5 Å². The van der Waals surface area contributed by atoms with Gasteiger partial charge in [0.25, 0.3) is 5.56 Å². The van der Waals surface area contributed by atoms with Crippen molar-refractivity contribution in [1.82, 2.24) is 41.0 Å². The quantitative estimate of drug-likeness (QED) is 0.0555. The van der Waals surface area contributed by atoms with Crippen LogP contribution < -0.4 is 41.6 Å². The summed E-state index contributed by atoms with van der Waals surface area (Å²) in [4.78, 5) is 115. The van der Waals surface area contributed by atoms with Crippen LogP contribution in [0.15, 0.2) is 65.7 Å². The van der Waals surface area contributed by atoms with Crippen molar-refractivity contribution in [2.24, 2.45) is 0 Å². The zero-order valence-electron chi connectivity index (χ0n) is 45.6. The molecule has 0 fully saturated rings. The van der Waals surface area contributed by atoms with Gasteiger partial charge in [0, 0.05) is 31.1 Å². The third kappa shape index (κ3) is 16.8. The second-order valence-electron chi connectivity index (χ2n) is 21.2. The van der Waals surface area contributed by atoms with Crippen molar-refractivity contribution in [2.45, 2.75) is 130 Å². The Morgan fingerprint density at radius 1 is 0.724 bits per heavy atom. The van der Waals surface area contributed by atoms with Crippen molar-refractivity contribution >= 4 is 52.9 Å². The van der Waals surface area contributed by atoms with Gasteiger partial charge in [0.15, 0.2) is 0 Å². The molecule has 4 bridgehead atoms. The van der Waals surface area contributed by atoms with E-state index in [1.165, 1.54) is 27.4 Å². The van der Waals surface area contributed by atoms with E-state index in [2.05, 4.69) is 31.6 Å². The lowest BCUT2D eigenvalue weighted by molar-refractivity contribution is -0.145. The predicted molar refractivity (Wildman–Crippen MR) is 281 cm³/mol. The van der Waals surface area contributed by atoms with Gasteiger partial charge in [-0.05, 0) is 136 Å². The van der Waals surface area contributed by atoms with E-state index in [1.807, 2.05) is 6.92 Å². The molecule has 76 heavy (non-hydrogen) atoms. The molecule has 1 aliphatic rings. The van der Waals surface area contributed by atoms with Gasteiger partial charge in [0.1, 0.15) is 65.7 Å². The maximum atomic E-state index is 15.3. The summed E-state index contributed by atoms with van der Waals surface area (Å²) in [5.74, 6) is -2.64. The van der Waals surface area contributed by atoms with Gasteiger partial charge in [0.2, 0.25) is 17.7 Å². The van der Waals surface area contributed by atoms with Crippen LogP contribution >= 0.6 is 0 Å². The summed E-state index contributed by atoms with van der Waals surface area (Å²) in [5, 5.41) is 13.6. The Morgan fingerprint density at radius 2 is 1.26 bits per heavy atom. The fraction of sp³-hybridized carbons (Fsp3) is 0.500. The Kier molecular flexibility index (Phi) is 19.5. The lowest BCUT2D eigenvalue weighted by Gasteiger charge is -2.33.